The fourth-order valence-corrected chi connectivity index (χ4v) is 2.78. The van der Waals surface area contributed by atoms with E-state index in [0.717, 1.165) is 38.9 Å². The van der Waals surface area contributed by atoms with Crippen molar-refractivity contribution in [3.05, 3.63) is 78.9 Å². The monoisotopic (exact) mass is 285 g/mol. The third kappa shape index (κ3) is 1.97. The molecule has 22 heavy (non-hydrogen) atoms. The Kier molecular flexibility index (Phi) is 2.94. The van der Waals surface area contributed by atoms with E-state index in [4.69, 9.17) is 4.42 Å². The number of benzene rings is 3. The summed E-state index contributed by atoms with van der Waals surface area (Å²) in [5.74, 6) is 0. The zero-order valence-electron chi connectivity index (χ0n) is 12.0. The van der Waals surface area contributed by atoms with Gasteiger partial charge in [-0.3, -0.25) is 0 Å². The normalized spacial score (nSPS) is 10.9. The van der Waals surface area contributed by atoms with E-state index >= 15 is 0 Å². The maximum Gasteiger partial charge on any atom is 0.158 e. The number of fused-ring (bicyclic) bond motifs is 3. The molecule has 0 saturated heterocycles. The van der Waals surface area contributed by atoms with E-state index in [1.807, 2.05) is 60.7 Å². The zero-order valence-corrected chi connectivity index (χ0v) is 12.0. The minimum Gasteiger partial charge on any atom is -0.454 e. The van der Waals surface area contributed by atoms with Crippen LogP contribution in [0.1, 0.15) is 5.56 Å². The van der Waals surface area contributed by atoms with Gasteiger partial charge in [0, 0.05) is 16.5 Å². The van der Waals surface area contributed by atoms with Gasteiger partial charge in [0.15, 0.2) is 5.58 Å². The Morgan fingerprint density at radius 2 is 1.50 bits per heavy atom. The van der Waals surface area contributed by atoms with Crippen molar-refractivity contribution < 1.29 is 4.42 Å². The third-order valence-corrected chi connectivity index (χ3v) is 3.85. The van der Waals surface area contributed by atoms with Gasteiger partial charge in [-0.25, -0.2) is 0 Å². The van der Waals surface area contributed by atoms with Crippen LogP contribution in [0.4, 0.5) is 11.4 Å². The Labute approximate surface area is 128 Å². The van der Waals surface area contributed by atoms with Crippen molar-refractivity contribution in [1.29, 1.82) is 0 Å². The molecule has 0 amide bonds. The lowest BCUT2D eigenvalue weighted by Gasteiger charge is -2.09. The molecule has 0 radical (unpaired) electrons. The van der Waals surface area contributed by atoms with Gasteiger partial charge >= 0.3 is 0 Å². The van der Waals surface area contributed by atoms with E-state index in [0.29, 0.717) is 0 Å². The molecule has 0 aliphatic carbocycles. The number of hydrogen-bond donors (Lipinski definition) is 1. The lowest BCUT2D eigenvalue weighted by Crippen LogP contribution is -1.92. The molecule has 0 unspecified atom stereocenters. The highest BCUT2D eigenvalue weighted by Crippen LogP contribution is 2.35. The Hall–Kier alpha value is -3.00. The highest BCUT2D eigenvalue weighted by atomic mass is 16.3. The molecule has 0 aliphatic heterocycles. The first-order chi connectivity index (χ1) is 10.9. The SMILES string of the molecule is C=Cc1ccccc1Nc1cccc2c1oc1ccccc12. The first-order valence-electron chi connectivity index (χ1n) is 7.25. The van der Waals surface area contributed by atoms with Gasteiger partial charge in [-0.2, -0.15) is 0 Å². The zero-order chi connectivity index (χ0) is 14.9. The summed E-state index contributed by atoms with van der Waals surface area (Å²) in [7, 11) is 0. The summed E-state index contributed by atoms with van der Waals surface area (Å²) in [5, 5.41) is 5.72. The number of anilines is 2. The van der Waals surface area contributed by atoms with Gasteiger partial charge in [-0.1, -0.05) is 61.2 Å². The van der Waals surface area contributed by atoms with Gasteiger partial charge < -0.3 is 9.73 Å². The van der Waals surface area contributed by atoms with Crippen LogP contribution in [-0.2, 0) is 0 Å². The molecule has 0 saturated carbocycles. The highest BCUT2D eigenvalue weighted by molar-refractivity contribution is 6.09. The fraction of sp³-hybridized carbons (Fsp3) is 0. The molecule has 2 heteroatoms. The smallest absolute Gasteiger partial charge is 0.158 e. The van der Waals surface area contributed by atoms with Gasteiger partial charge in [0.2, 0.25) is 0 Å². The molecular weight excluding hydrogens is 270 g/mol. The van der Waals surface area contributed by atoms with Crippen LogP contribution in [0, 0.1) is 0 Å². The highest BCUT2D eigenvalue weighted by Gasteiger charge is 2.10. The molecular formula is C20H15NO. The second-order valence-electron chi connectivity index (χ2n) is 5.20. The number of furan rings is 1. The second-order valence-corrected chi connectivity index (χ2v) is 5.20. The summed E-state index contributed by atoms with van der Waals surface area (Å²) in [6.07, 6.45) is 1.85. The summed E-state index contributed by atoms with van der Waals surface area (Å²) >= 11 is 0. The summed E-state index contributed by atoms with van der Waals surface area (Å²) in [6, 6.07) is 22.4. The first-order valence-corrected chi connectivity index (χ1v) is 7.25. The number of rotatable bonds is 3. The van der Waals surface area contributed by atoms with Crippen LogP contribution >= 0.6 is 0 Å². The molecule has 0 bridgehead atoms. The van der Waals surface area contributed by atoms with Crippen molar-refractivity contribution >= 4 is 39.4 Å². The summed E-state index contributed by atoms with van der Waals surface area (Å²) in [6.45, 7) is 3.87. The second kappa shape index (κ2) is 5.08. The van der Waals surface area contributed by atoms with Crippen molar-refractivity contribution in [2.75, 3.05) is 5.32 Å². The van der Waals surface area contributed by atoms with Gasteiger partial charge in [0.1, 0.15) is 5.58 Å². The summed E-state index contributed by atoms with van der Waals surface area (Å²) in [5.41, 5.74) is 4.83. The van der Waals surface area contributed by atoms with Gasteiger partial charge in [0.05, 0.1) is 5.69 Å². The van der Waals surface area contributed by atoms with E-state index in [-0.39, 0.29) is 0 Å². The molecule has 1 aromatic heterocycles. The molecule has 4 rings (SSSR count). The lowest BCUT2D eigenvalue weighted by atomic mass is 10.1. The lowest BCUT2D eigenvalue weighted by molar-refractivity contribution is 0.670. The average Bonchev–Trinajstić information content (AvgIpc) is 2.95. The Morgan fingerprint density at radius 3 is 2.41 bits per heavy atom. The minimum absolute atomic E-state index is 0.877. The molecule has 4 aromatic rings. The molecule has 3 aromatic carbocycles. The Balaban J connectivity index is 1.90. The summed E-state index contributed by atoms with van der Waals surface area (Å²) in [4.78, 5) is 0. The topological polar surface area (TPSA) is 25.2 Å². The number of hydrogen-bond acceptors (Lipinski definition) is 2. The predicted octanol–water partition coefficient (Wildman–Crippen LogP) is 5.97. The van der Waals surface area contributed by atoms with Crippen LogP contribution in [0.15, 0.2) is 77.7 Å². The van der Waals surface area contributed by atoms with Gasteiger partial charge in [-0.05, 0) is 23.8 Å². The van der Waals surface area contributed by atoms with Crippen molar-refractivity contribution in [2.24, 2.45) is 0 Å². The first kappa shape index (κ1) is 12.7. The van der Waals surface area contributed by atoms with Crippen molar-refractivity contribution in [3.8, 4) is 0 Å². The Morgan fingerprint density at radius 1 is 0.773 bits per heavy atom. The number of para-hydroxylation sites is 3. The van der Waals surface area contributed by atoms with Crippen molar-refractivity contribution in [2.45, 2.75) is 0 Å². The molecule has 1 N–H and O–H groups in total. The molecule has 1 heterocycles. The van der Waals surface area contributed by atoms with E-state index in [9.17, 15) is 0 Å². The van der Waals surface area contributed by atoms with Crippen LogP contribution in [-0.4, -0.2) is 0 Å². The van der Waals surface area contributed by atoms with Crippen LogP contribution in [0.5, 0.6) is 0 Å². The van der Waals surface area contributed by atoms with E-state index < -0.39 is 0 Å². The quantitative estimate of drug-likeness (QED) is 0.501. The largest absolute Gasteiger partial charge is 0.454 e. The predicted molar refractivity (Wildman–Crippen MR) is 93.5 cm³/mol. The maximum absolute atomic E-state index is 6.04. The Bertz CT molecular complexity index is 981. The standard InChI is InChI=1S/C20H15NO/c1-2-14-8-3-5-11-17(14)21-18-12-7-10-16-15-9-4-6-13-19(15)22-20(16)18/h2-13,21H,1H2. The molecule has 0 atom stereocenters. The van der Waals surface area contributed by atoms with Gasteiger partial charge in [0.25, 0.3) is 0 Å². The third-order valence-electron chi connectivity index (χ3n) is 3.85. The molecule has 2 nitrogen and oxygen atoms in total. The van der Waals surface area contributed by atoms with Crippen LogP contribution in [0.3, 0.4) is 0 Å². The van der Waals surface area contributed by atoms with Crippen LogP contribution < -0.4 is 5.32 Å². The molecule has 0 fully saturated rings. The van der Waals surface area contributed by atoms with Crippen molar-refractivity contribution in [1.82, 2.24) is 0 Å². The molecule has 0 aliphatic rings. The van der Waals surface area contributed by atoms with Crippen LogP contribution in [0.2, 0.25) is 0 Å². The average molecular weight is 285 g/mol. The molecule has 106 valence electrons. The van der Waals surface area contributed by atoms with E-state index in [1.54, 1.807) is 0 Å². The minimum atomic E-state index is 0.877. The summed E-state index contributed by atoms with van der Waals surface area (Å²) < 4.78 is 6.04. The van der Waals surface area contributed by atoms with E-state index in [2.05, 4.69) is 24.0 Å². The van der Waals surface area contributed by atoms with Crippen LogP contribution in [0.25, 0.3) is 28.0 Å². The number of nitrogens with one attached hydrogen (secondary N) is 1. The van der Waals surface area contributed by atoms with E-state index in [1.165, 1.54) is 0 Å². The fourth-order valence-electron chi connectivity index (χ4n) is 2.78. The maximum atomic E-state index is 6.04. The van der Waals surface area contributed by atoms with Crippen molar-refractivity contribution in [3.63, 3.8) is 0 Å². The molecule has 0 spiro atoms. The van der Waals surface area contributed by atoms with Gasteiger partial charge in [-0.15, -0.1) is 0 Å².